The van der Waals surface area contributed by atoms with Crippen LogP contribution in [0.3, 0.4) is 0 Å². The Morgan fingerprint density at radius 3 is 2.63 bits per heavy atom. The number of hydrogen-bond acceptors (Lipinski definition) is 4. The molecule has 2 atom stereocenters. The Morgan fingerprint density at radius 2 is 1.93 bits per heavy atom. The number of ether oxygens (including phenoxy) is 1. The molecule has 0 aliphatic carbocycles. The highest BCUT2D eigenvalue weighted by molar-refractivity contribution is 6.35. The Morgan fingerprint density at radius 1 is 1.20 bits per heavy atom. The fraction of sp³-hybridized carbons (Fsp3) is 0.619. The second-order valence-corrected chi connectivity index (χ2v) is 8.60. The highest BCUT2D eigenvalue weighted by Crippen LogP contribution is 2.22. The summed E-state index contributed by atoms with van der Waals surface area (Å²) in [5.74, 6) is 0.0283. The van der Waals surface area contributed by atoms with Crippen molar-refractivity contribution < 1.29 is 19.8 Å². The fourth-order valence-corrected chi connectivity index (χ4v) is 4.46. The number of hydrogen-bond donors (Lipinski definition) is 1. The molecule has 7 nitrogen and oxygen atoms in total. The molecule has 1 aromatic carbocycles. The molecule has 0 radical (unpaired) electrons. The van der Waals surface area contributed by atoms with Crippen molar-refractivity contribution in [3.8, 4) is 0 Å². The zero-order valence-corrected chi connectivity index (χ0v) is 18.8. The van der Waals surface area contributed by atoms with E-state index >= 15 is 0 Å². The van der Waals surface area contributed by atoms with Crippen LogP contribution in [0.15, 0.2) is 18.2 Å². The lowest BCUT2D eigenvalue weighted by molar-refractivity contribution is -0.130. The normalized spacial score (nSPS) is 21.9. The van der Waals surface area contributed by atoms with Gasteiger partial charge in [0.1, 0.15) is 0 Å². The first-order chi connectivity index (χ1) is 14.0. The number of amides is 2. The van der Waals surface area contributed by atoms with Gasteiger partial charge in [-0.1, -0.05) is 23.2 Å². The highest BCUT2D eigenvalue weighted by atomic mass is 35.5. The maximum absolute atomic E-state index is 12.6. The molecule has 30 heavy (non-hydrogen) atoms. The number of carbonyl (C=O) groups excluding carboxylic acids is 2. The van der Waals surface area contributed by atoms with E-state index in [9.17, 15) is 9.59 Å². The number of piperidine rings is 1. The van der Waals surface area contributed by atoms with Gasteiger partial charge >= 0.3 is 0 Å². The van der Waals surface area contributed by atoms with Crippen molar-refractivity contribution in [1.29, 1.82) is 0 Å². The van der Waals surface area contributed by atoms with E-state index in [-0.39, 0.29) is 29.4 Å². The molecule has 2 aliphatic rings. The van der Waals surface area contributed by atoms with Gasteiger partial charge in [0.2, 0.25) is 5.91 Å². The summed E-state index contributed by atoms with van der Waals surface area (Å²) in [5.41, 5.74) is 0.372. The van der Waals surface area contributed by atoms with Crippen molar-refractivity contribution in [2.75, 3.05) is 39.8 Å². The summed E-state index contributed by atoms with van der Waals surface area (Å²) in [6.45, 7) is 4.26. The average molecular weight is 460 g/mol. The van der Waals surface area contributed by atoms with E-state index in [1.165, 1.54) is 0 Å². The number of nitrogens with zero attached hydrogens (tertiary/aromatic N) is 2. The first-order valence-corrected chi connectivity index (χ1v) is 11.0. The van der Waals surface area contributed by atoms with E-state index in [1.54, 1.807) is 25.3 Å². The molecule has 168 valence electrons. The molecule has 2 fully saturated rings. The van der Waals surface area contributed by atoms with Gasteiger partial charge in [-0.3, -0.25) is 9.59 Å². The Balaban J connectivity index is 0.00000320. The number of nitrogens with one attached hydrogen (secondary N) is 1. The van der Waals surface area contributed by atoms with Gasteiger partial charge < -0.3 is 25.3 Å². The smallest absolute Gasteiger partial charge is 0.253 e. The summed E-state index contributed by atoms with van der Waals surface area (Å²) in [5, 5.41) is 3.89. The van der Waals surface area contributed by atoms with E-state index in [1.807, 2.05) is 4.90 Å². The second-order valence-electron chi connectivity index (χ2n) is 7.76. The van der Waals surface area contributed by atoms with Crippen LogP contribution in [0.2, 0.25) is 10.0 Å². The molecular weight excluding hydrogens is 429 g/mol. The van der Waals surface area contributed by atoms with Crippen LogP contribution >= 0.6 is 23.2 Å². The summed E-state index contributed by atoms with van der Waals surface area (Å²) in [6.07, 6.45) is 4.37. The molecule has 1 aromatic rings. The number of carbonyl (C=O) groups is 2. The van der Waals surface area contributed by atoms with Gasteiger partial charge in [-0.05, 0) is 50.4 Å². The summed E-state index contributed by atoms with van der Waals surface area (Å²) in [6, 6.07) is 4.77. The van der Waals surface area contributed by atoms with Crippen molar-refractivity contribution >= 4 is 35.0 Å². The molecule has 3 rings (SSSR count). The Kier molecular flexibility index (Phi) is 9.84. The van der Waals surface area contributed by atoms with Crippen LogP contribution in [-0.2, 0) is 9.53 Å². The van der Waals surface area contributed by atoms with Crippen LogP contribution in [0.25, 0.3) is 0 Å². The van der Waals surface area contributed by atoms with Crippen LogP contribution in [0.5, 0.6) is 0 Å². The lowest BCUT2D eigenvalue weighted by Gasteiger charge is -2.38. The third kappa shape index (κ3) is 6.56. The zero-order chi connectivity index (χ0) is 20.8. The second kappa shape index (κ2) is 11.9. The monoisotopic (exact) mass is 459 g/mol. The van der Waals surface area contributed by atoms with Gasteiger partial charge in [-0.25, -0.2) is 0 Å². The lowest BCUT2D eigenvalue weighted by atomic mass is 10.0. The van der Waals surface area contributed by atoms with E-state index in [0.717, 1.165) is 58.4 Å². The summed E-state index contributed by atoms with van der Waals surface area (Å²) >= 11 is 12.1. The predicted octanol–water partition coefficient (Wildman–Crippen LogP) is 2.39. The fourth-order valence-electron chi connectivity index (χ4n) is 4.08. The van der Waals surface area contributed by atoms with Gasteiger partial charge in [-0.2, -0.15) is 0 Å². The molecule has 2 heterocycles. The van der Waals surface area contributed by atoms with E-state index in [2.05, 4.69) is 10.2 Å². The molecule has 3 N–H and O–H groups in total. The Bertz CT molecular complexity index is 728. The third-order valence-corrected chi connectivity index (χ3v) is 6.32. The first kappa shape index (κ1) is 24.9. The van der Waals surface area contributed by atoms with Crippen molar-refractivity contribution in [1.82, 2.24) is 15.1 Å². The minimum absolute atomic E-state index is 0. The van der Waals surface area contributed by atoms with Crippen LogP contribution in [0.4, 0.5) is 0 Å². The first-order valence-electron chi connectivity index (χ1n) is 10.3. The van der Waals surface area contributed by atoms with E-state index in [0.29, 0.717) is 22.0 Å². The topological polar surface area (TPSA) is 93.4 Å². The number of likely N-dealkylation sites (tertiary alicyclic amines) is 2. The standard InChI is InChI=1S/C21H29Cl2N3O3.H2O/c1-29-19-14-25(9-4-5-20(27)26-10-2-3-11-26)12-8-18(19)24-21(28)16-13-15(22)6-7-17(16)23;/h6-7,13,18-19H,2-5,8-12,14H2,1H3,(H,24,28);1H2. The van der Waals surface area contributed by atoms with Crippen molar-refractivity contribution in [3.05, 3.63) is 33.8 Å². The average Bonchev–Trinajstić information content (AvgIpc) is 3.25. The zero-order valence-electron chi connectivity index (χ0n) is 17.3. The predicted molar refractivity (Wildman–Crippen MR) is 118 cm³/mol. The van der Waals surface area contributed by atoms with E-state index in [4.69, 9.17) is 27.9 Å². The summed E-state index contributed by atoms with van der Waals surface area (Å²) in [7, 11) is 1.66. The third-order valence-electron chi connectivity index (χ3n) is 5.76. The van der Waals surface area contributed by atoms with Crippen LogP contribution < -0.4 is 5.32 Å². The van der Waals surface area contributed by atoms with E-state index < -0.39 is 0 Å². The summed E-state index contributed by atoms with van der Waals surface area (Å²) in [4.78, 5) is 29.1. The lowest BCUT2D eigenvalue weighted by Crippen LogP contribution is -2.55. The largest absolute Gasteiger partial charge is 0.412 e. The van der Waals surface area contributed by atoms with Crippen molar-refractivity contribution in [2.24, 2.45) is 0 Å². The Hall–Kier alpha value is -1.38. The molecule has 9 heteroatoms. The molecule has 2 aliphatic heterocycles. The van der Waals surface area contributed by atoms with Crippen LogP contribution in [-0.4, -0.2) is 79.1 Å². The van der Waals surface area contributed by atoms with Crippen LogP contribution in [0, 0.1) is 0 Å². The summed E-state index contributed by atoms with van der Waals surface area (Å²) < 4.78 is 5.64. The number of benzene rings is 1. The van der Waals surface area contributed by atoms with Crippen molar-refractivity contribution in [3.63, 3.8) is 0 Å². The minimum atomic E-state index is -0.241. The molecule has 2 unspecified atom stereocenters. The quantitative estimate of drug-likeness (QED) is 0.676. The molecule has 2 saturated heterocycles. The molecule has 0 spiro atoms. The van der Waals surface area contributed by atoms with Gasteiger partial charge in [0.15, 0.2) is 0 Å². The van der Waals surface area contributed by atoms with Gasteiger partial charge in [0, 0.05) is 44.7 Å². The Labute approximate surface area is 187 Å². The molecule has 2 amide bonds. The van der Waals surface area contributed by atoms with Crippen LogP contribution in [0.1, 0.15) is 42.5 Å². The number of halogens is 2. The minimum Gasteiger partial charge on any atom is -0.412 e. The molecule has 0 bridgehead atoms. The molecular formula is C21H31Cl2N3O4. The number of rotatable bonds is 7. The maximum Gasteiger partial charge on any atom is 0.253 e. The molecule has 0 aromatic heterocycles. The van der Waals surface area contributed by atoms with Gasteiger partial charge in [-0.15, -0.1) is 0 Å². The SMILES string of the molecule is COC1CN(CCCC(=O)N2CCCC2)CCC1NC(=O)c1cc(Cl)ccc1Cl.O. The highest BCUT2D eigenvalue weighted by Gasteiger charge is 2.31. The number of methoxy groups -OCH3 is 1. The van der Waals surface area contributed by atoms with Gasteiger partial charge in [0.25, 0.3) is 5.91 Å². The van der Waals surface area contributed by atoms with Crippen molar-refractivity contribution in [2.45, 2.75) is 44.2 Å². The van der Waals surface area contributed by atoms with Gasteiger partial charge in [0.05, 0.1) is 22.7 Å². The molecule has 0 saturated carbocycles. The maximum atomic E-state index is 12.6.